The molecule has 1 aromatic heterocycles. The zero-order valence-electron chi connectivity index (χ0n) is 14.9. The van der Waals surface area contributed by atoms with Crippen molar-refractivity contribution in [2.24, 2.45) is 0 Å². The van der Waals surface area contributed by atoms with Crippen LogP contribution in [0.1, 0.15) is 28.9 Å². The third kappa shape index (κ3) is 4.73. The lowest BCUT2D eigenvalue weighted by Crippen LogP contribution is -2.44. The summed E-state index contributed by atoms with van der Waals surface area (Å²) in [5.41, 5.74) is -0.628. The molecule has 1 atom stereocenters. The lowest BCUT2D eigenvalue weighted by atomic mass is 10.1. The number of hydrogen-bond donors (Lipinski definition) is 0. The van der Waals surface area contributed by atoms with E-state index in [9.17, 15) is 18.0 Å². The van der Waals surface area contributed by atoms with Crippen molar-refractivity contribution >= 4 is 21.8 Å². The van der Waals surface area contributed by atoms with Gasteiger partial charge in [0.05, 0.1) is 19.2 Å². The smallest absolute Gasteiger partial charge is 0.433 e. The fraction of sp³-hybridized carbons (Fsp3) is 0.389. The number of amides is 1. The van der Waals surface area contributed by atoms with E-state index in [1.54, 1.807) is 23.1 Å². The predicted molar refractivity (Wildman–Crippen MR) is 97.3 cm³/mol. The van der Waals surface area contributed by atoms with Crippen molar-refractivity contribution in [1.29, 1.82) is 0 Å². The summed E-state index contributed by atoms with van der Waals surface area (Å²) in [5.74, 6) is 0.331. The summed E-state index contributed by atoms with van der Waals surface area (Å²) in [6.45, 7) is 0.744. The topological polar surface area (TPSA) is 64.5 Å². The second-order valence-corrected chi connectivity index (χ2v) is 7.06. The van der Waals surface area contributed by atoms with Gasteiger partial charge in [-0.25, -0.2) is 4.98 Å². The van der Waals surface area contributed by atoms with Crippen LogP contribution < -0.4 is 9.47 Å². The van der Waals surface area contributed by atoms with Crippen LogP contribution in [-0.4, -0.2) is 47.1 Å². The first kappa shape index (κ1) is 20.4. The number of carbonyl (C=O) groups is 1. The van der Waals surface area contributed by atoms with Crippen LogP contribution in [-0.2, 0) is 6.18 Å². The van der Waals surface area contributed by atoms with E-state index in [0.29, 0.717) is 35.2 Å². The van der Waals surface area contributed by atoms with Crippen LogP contribution in [0.5, 0.6) is 11.8 Å². The molecule has 0 radical (unpaired) electrons. The molecule has 2 heterocycles. The van der Waals surface area contributed by atoms with Crippen molar-refractivity contribution in [1.82, 2.24) is 14.9 Å². The van der Waals surface area contributed by atoms with Crippen LogP contribution >= 0.6 is 15.9 Å². The standard InChI is InChI=1S/C18H17BrF3N3O3/c1-27-11-4-5-14(19)13(9-11)16(26)25-8-2-3-12(10-25)28-17-23-7-6-15(24-17)18(20,21)22/h4-7,9,12H,2-3,8,10H2,1H3. The fourth-order valence-electron chi connectivity index (χ4n) is 2.89. The van der Waals surface area contributed by atoms with Crippen LogP contribution in [0, 0.1) is 0 Å². The molecule has 0 aliphatic carbocycles. The highest BCUT2D eigenvalue weighted by atomic mass is 79.9. The lowest BCUT2D eigenvalue weighted by Gasteiger charge is -2.32. The highest BCUT2D eigenvalue weighted by Crippen LogP contribution is 2.29. The Labute approximate surface area is 167 Å². The molecule has 0 spiro atoms. The second-order valence-electron chi connectivity index (χ2n) is 6.20. The van der Waals surface area contributed by atoms with Gasteiger partial charge in [0.15, 0.2) is 5.69 Å². The zero-order valence-corrected chi connectivity index (χ0v) is 16.5. The van der Waals surface area contributed by atoms with Gasteiger partial charge in [0.1, 0.15) is 11.9 Å². The molecule has 10 heteroatoms. The van der Waals surface area contributed by atoms with Gasteiger partial charge >= 0.3 is 12.2 Å². The molecule has 0 saturated carbocycles. The van der Waals surface area contributed by atoms with Gasteiger partial charge < -0.3 is 14.4 Å². The maximum Gasteiger partial charge on any atom is 0.433 e. The monoisotopic (exact) mass is 459 g/mol. The van der Waals surface area contributed by atoms with Crippen LogP contribution in [0.3, 0.4) is 0 Å². The normalized spacial score (nSPS) is 17.3. The highest BCUT2D eigenvalue weighted by molar-refractivity contribution is 9.10. The minimum Gasteiger partial charge on any atom is -0.497 e. The van der Waals surface area contributed by atoms with Gasteiger partial charge in [0.25, 0.3) is 5.91 Å². The number of halogens is 4. The summed E-state index contributed by atoms with van der Waals surface area (Å²) in [4.78, 5) is 21.6. The molecular weight excluding hydrogens is 443 g/mol. The Hall–Kier alpha value is -2.36. The van der Waals surface area contributed by atoms with E-state index in [0.717, 1.165) is 12.3 Å². The lowest BCUT2D eigenvalue weighted by molar-refractivity contribution is -0.141. The number of carbonyl (C=O) groups excluding carboxylic acids is 1. The molecule has 1 unspecified atom stereocenters. The second kappa shape index (κ2) is 8.34. The summed E-state index contributed by atoms with van der Waals surface area (Å²) in [6, 6.07) is 5.52. The van der Waals surface area contributed by atoms with Crippen LogP contribution in [0.25, 0.3) is 0 Å². The van der Waals surface area contributed by atoms with Gasteiger partial charge in [-0.1, -0.05) is 0 Å². The van der Waals surface area contributed by atoms with Crippen molar-refractivity contribution in [3.8, 4) is 11.8 Å². The first-order valence-electron chi connectivity index (χ1n) is 8.47. The quantitative estimate of drug-likeness (QED) is 0.692. The Bertz CT molecular complexity index is 863. The Kier molecular flexibility index (Phi) is 6.07. The number of likely N-dealkylation sites (tertiary alicyclic amines) is 1. The maximum atomic E-state index is 12.9. The molecule has 0 N–H and O–H groups in total. The molecule has 150 valence electrons. The molecule has 1 aromatic carbocycles. The summed E-state index contributed by atoms with van der Waals surface area (Å²) >= 11 is 3.36. The molecule has 1 amide bonds. The molecule has 1 fully saturated rings. The first-order valence-corrected chi connectivity index (χ1v) is 9.27. The van der Waals surface area contributed by atoms with E-state index in [4.69, 9.17) is 9.47 Å². The summed E-state index contributed by atoms with van der Waals surface area (Å²) < 4.78 is 49.7. The van der Waals surface area contributed by atoms with E-state index in [-0.39, 0.29) is 18.5 Å². The Morgan fingerprint density at radius 2 is 2.11 bits per heavy atom. The Balaban J connectivity index is 1.72. The molecule has 2 aromatic rings. The van der Waals surface area contributed by atoms with Gasteiger partial charge in [0.2, 0.25) is 0 Å². The van der Waals surface area contributed by atoms with Crippen molar-refractivity contribution in [2.45, 2.75) is 25.1 Å². The van der Waals surface area contributed by atoms with Gasteiger partial charge in [0, 0.05) is 17.2 Å². The van der Waals surface area contributed by atoms with Gasteiger partial charge in [-0.05, 0) is 53.0 Å². The van der Waals surface area contributed by atoms with Crippen LogP contribution in [0.4, 0.5) is 13.2 Å². The third-order valence-corrected chi connectivity index (χ3v) is 4.96. The average Bonchev–Trinajstić information content (AvgIpc) is 2.67. The van der Waals surface area contributed by atoms with E-state index in [1.807, 2.05) is 0 Å². The van der Waals surface area contributed by atoms with E-state index >= 15 is 0 Å². The van der Waals surface area contributed by atoms with Gasteiger partial charge in [-0.3, -0.25) is 4.79 Å². The largest absolute Gasteiger partial charge is 0.497 e. The number of alkyl halides is 3. The van der Waals surface area contributed by atoms with E-state index in [2.05, 4.69) is 25.9 Å². The molecule has 28 heavy (non-hydrogen) atoms. The number of benzene rings is 1. The summed E-state index contributed by atoms with van der Waals surface area (Å²) in [5, 5.41) is 0. The number of ether oxygens (including phenoxy) is 2. The summed E-state index contributed by atoms with van der Waals surface area (Å²) in [7, 11) is 1.51. The molecule has 0 bridgehead atoms. The number of rotatable bonds is 4. The SMILES string of the molecule is COc1ccc(Br)c(C(=O)N2CCCC(Oc3nccc(C(F)(F)F)n3)C2)c1. The van der Waals surface area contributed by atoms with E-state index < -0.39 is 18.0 Å². The number of aromatic nitrogens is 2. The Morgan fingerprint density at radius 1 is 1.32 bits per heavy atom. The first-order chi connectivity index (χ1) is 13.3. The van der Waals surface area contributed by atoms with Crippen molar-refractivity contribution < 1.29 is 27.4 Å². The van der Waals surface area contributed by atoms with Gasteiger partial charge in [-0.15, -0.1) is 0 Å². The van der Waals surface area contributed by atoms with Crippen molar-refractivity contribution in [3.63, 3.8) is 0 Å². The third-order valence-electron chi connectivity index (χ3n) is 4.27. The zero-order chi connectivity index (χ0) is 20.3. The number of nitrogens with zero attached hydrogens (tertiary/aromatic N) is 3. The van der Waals surface area contributed by atoms with E-state index in [1.165, 1.54) is 7.11 Å². The highest BCUT2D eigenvalue weighted by Gasteiger charge is 2.34. The molecule has 1 aliphatic heterocycles. The molecular formula is C18H17BrF3N3O3. The molecule has 1 saturated heterocycles. The number of piperidine rings is 1. The van der Waals surface area contributed by atoms with Crippen LogP contribution in [0.2, 0.25) is 0 Å². The Morgan fingerprint density at radius 3 is 2.82 bits per heavy atom. The van der Waals surface area contributed by atoms with Crippen LogP contribution in [0.15, 0.2) is 34.9 Å². The maximum absolute atomic E-state index is 12.9. The molecule has 6 nitrogen and oxygen atoms in total. The molecule has 3 rings (SSSR count). The van der Waals surface area contributed by atoms with Crippen molar-refractivity contribution in [2.75, 3.05) is 20.2 Å². The molecule has 1 aliphatic rings. The number of methoxy groups -OCH3 is 1. The minimum absolute atomic E-state index is 0.218. The van der Waals surface area contributed by atoms with Gasteiger partial charge in [-0.2, -0.15) is 18.2 Å². The summed E-state index contributed by atoms with van der Waals surface area (Å²) in [6.07, 6.45) is -2.83. The van der Waals surface area contributed by atoms with Crippen molar-refractivity contribution in [3.05, 3.63) is 46.2 Å². The number of hydrogen-bond acceptors (Lipinski definition) is 5. The minimum atomic E-state index is -4.58. The average molecular weight is 460 g/mol. The fourth-order valence-corrected chi connectivity index (χ4v) is 3.31. The predicted octanol–water partition coefficient (Wildman–Crippen LogP) is 3.95.